The molecule has 2 aromatic heterocycles. The third-order valence-electron chi connectivity index (χ3n) is 5.15. The van der Waals surface area contributed by atoms with Crippen molar-refractivity contribution in [2.24, 2.45) is 13.0 Å². The van der Waals surface area contributed by atoms with Crippen LogP contribution < -0.4 is 5.32 Å². The third kappa shape index (κ3) is 3.28. The molecule has 3 heterocycles. The summed E-state index contributed by atoms with van der Waals surface area (Å²) in [6, 6.07) is 3.66. The Morgan fingerprint density at radius 2 is 2.16 bits per heavy atom. The van der Waals surface area contributed by atoms with Crippen molar-refractivity contribution in [3.63, 3.8) is 0 Å². The van der Waals surface area contributed by atoms with E-state index in [9.17, 15) is 4.79 Å². The summed E-state index contributed by atoms with van der Waals surface area (Å²) in [6.07, 6.45) is 5.47. The molecule has 1 saturated heterocycles. The van der Waals surface area contributed by atoms with Gasteiger partial charge in [-0.15, -0.1) is 10.2 Å². The second-order valence-corrected chi connectivity index (χ2v) is 7.19. The van der Waals surface area contributed by atoms with Crippen molar-refractivity contribution < 1.29 is 4.79 Å². The van der Waals surface area contributed by atoms with Crippen molar-refractivity contribution in [1.82, 2.24) is 30.2 Å². The molecule has 25 heavy (non-hydrogen) atoms. The Bertz CT molecular complexity index is 758. The lowest BCUT2D eigenvalue weighted by Crippen LogP contribution is -2.33. The van der Waals surface area contributed by atoms with Crippen LogP contribution in [0.3, 0.4) is 0 Å². The lowest BCUT2D eigenvalue weighted by Gasteiger charge is -2.20. The molecule has 1 unspecified atom stereocenters. The fourth-order valence-electron chi connectivity index (χ4n) is 3.57. The van der Waals surface area contributed by atoms with E-state index in [1.54, 1.807) is 11.0 Å². The highest BCUT2D eigenvalue weighted by Crippen LogP contribution is 2.43. The minimum atomic E-state index is -0.0710. The first-order valence-corrected chi connectivity index (χ1v) is 8.95. The molecule has 0 aromatic carbocycles. The van der Waals surface area contributed by atoms with Crippen LogP contribution in [0.4, 0.5) is 0 Å². The fourth-order valence-corrected chi connectivity index (χ4v) is 3.57. The van der Waals surface area contributed by atoms with E-state index in [2.05, 4.69) is 20.6 Å². The summed E-state index contributed by atoms with van der Waals surface area (Å²) in [4.78, 5) is 14.3. The quantitative estimate of drug-likeness (QED) is 0.891. The Kier molecular flexibility index (Phi) is 4.25. The monoisotopic (exact) mass is 340 g/mol. The zero-order valence-corrected chi connectivity index (χ0v) is 14.8. The Hall–Kier alpha value is -2.28. The van der Waals surface area contributed by atoms with E-state index in [-0.39, 0.29) is 5.91 Å². The highest BCUT2D eigenvalue weighted by Gasteiger charge is 2.29. The Balaban J connectivity index is 1.50. The minimum absolute atomic E-state index is 0.0710. The van der Waals surface area contributed by atoms with Gasteiger partial charge in [0.2, 0.25) is 0 Å². The number of nitrogens with zero attached hydrogens (tertiary/aromatic N) is 5. The number of nitrogens with one attached hydrogen (secondary N) is 1. The number of aromatic nitrogens is 4. The van der Waals surface area contributed by atoms with E-state index < -0.39 is 0 Å². The molecule has 2 fully saturated rings. The maximum Gasteiger partial charge on any atom is 0.274 e. The van der Waals surface area contributed by atoms with Crippen molar-refractivity contribution in [3.05, 3.63) is 29.6 Å². The van der Waals surface area contributed by atoms with E-state index >= 15 is 0 Å². The van der Waals surface area contributed by atoms with Crippen LogP contribution in [0.2, 0.25) is 0 Å². The topological polar surface area (TPSA) is 75.9 Å². The summed E-state index contributed by atoms with van der Waals surface area (Å²) in [5.41, 5.74) is 3.43. The smallest absolute Gasteiger partial charge is 0.274 e. The number of amides is 1. The molecule has 1 aliphatic carbocycles. The van der Waals surface area contributed by atoms with E-state index in [0.29, 0.717) is 17.5 Å². The van der Waals surface area contributed by atoms with Gasteiger partial charge < -0.3 is 10.2 Å². The van der Waals surface area contributed by atoms with E-state index in [0.717, 1.165) is 37.4 Å². The van der Waals surface area contributed by atoms with Crippen LogP contribution in [0.25, 0.3) is 11.4 Å². The highest BCUT2D eigenvalue weighted by molar-refractivity contribution is 5.92. The SMILES string of the molecule is CN(CC1CCNC1)C(=O)c1ccc(-c2c(C3CC3)cnn2C)nn1. The van der Waals surface area contributed by atoms with Gasteiger partial charge in [-0.2, -0.15) is 5.10 Å². The zero-order chi connectivity index (χ0) is 17.4. The van der Waals surface area contributed by atoms with E-state index in [1.165, 1.54) is 18.4 Å². The molecule has 1 N–H and O–H groups in total. The van der Waals surface area contributed by atoms with Gasteiger partial charge in [0.15, 0.2) is 5.69 Å². The Morgan fingerprint density at radius 3 is 2.80 bits per heavy atom. The summed E-state index contributed by atoms with van der Waals surface area (Å²) < 4.78 is 1.85. The fraction of sp³-hybridized carbons (Fsp3) is 0.556. The lowest BCUT2D eigenvalue weighted by molar-refractivity contribution is 0.0769. The van der Waals surface area contributed by atoms with Crippen molar-refractivity contribution in [3.8, 4) is 11.4 Å². The molecule has 1 atom stereocenters. The molecule has 7 nitrogen and oxygen atoms in total. The van der Waals surface area contributed by atoms with Gasteiger partial charge in [-0.05, 0) is 56.3 Å². The van der Waals surface area contributed by atoms with Gasteiger partial charge in [0.1, 0.15) is 5.69 Å². The Labute approximate surface area is 147 Å². The second kappa shape index (κ2) is 6.55. The van der Waals surface area contributed by atoms with Crippen molar-refractivity contribution >= 4 is 5.91 Å². The van der Waals surface area contributed by atoms with Gasteiger partial charge in [-0.1, -0.05) is 0 Å². The summed E-state index contributed by atoms with van der Waals surface area (Å²) in [7, 11) is 3.76. The predicted octanol–water partition coefficient (Wildman–Crippen LogP) is 1.44. The molecule has 4 rings (SSSR count). The van der Waals surface area contributed by atoms with Crippen LogP contribution in [0.1, 0.15) is 41.2 Å². The molecule has 0 radical (unpaired) electrons. The van der Waals surface area contributed by atoms with Crippen molar-refractivity contribution in [2.75, 3.05) is 26.7 Å². The van der Waals surface area contributed by atoms with Crippen LogP contribution in [0, 0.1) is 5.92 Å². The maximum atomic E-state index is 12.6. The molecule has 2 aliphatic rings. The maximum absolute atomic E-state index is 12.6. The average Bonchev–Trinajstić information content (AvgIpc) is 3.21. The molecule has 7 heteroatoms. The average molecular weight is 340 g/mol. The number of carbonyl (C=O) groups is 1. The number of aryl methyl sites for hydroxylation is 1. The van der Waals surface area contributed by atoms with Gasteiger partial charge in [0, 0.05) is 26.2 Å². The summed E-state index contributed by atoms with van der Waals surface area (Å²) >= 11 is 0. The second-order valence-electron chi connectivity index (χ2n) is 7.19. The summed E-state index contributed by atoms with van der Waals surface area (Å²) in [6.45, 7) is 2.77. The number of hydrogen-bond acceptors (Lipinski definition) is 5. The van der Waals surface area contributed by atoms with Crippen LogP contribution in [0.5, 0.6) is 0 Å². The van der Waals surface area contributed by atoms with E-state index in [4.69, 9.17) is 0 Å². The largest absolute Gasteiger partial charge is 0.340 e. The third-order valence-corrected chi connectivity index (χ3v) is 5.15. The summed E-state index contributed by atoms with van der Waals surface area (Å²) in [5, 5.41) is 16.2. The number of rotatable bonds is 5. The minimum Gasteiger partial charge on any atom is -0.340 e. The predicted molar refractivity (Wildman–Crippen MR) is 94.1 cm³/mol. The lowest BCUT2D eigenvalue weighted by atomic mass is 10.1. The van der Waals surface area contributed by atoms with Gasteiger partial charge in [0.25, 0.3) is 5.91 Å². The van der Waals surface area contributed by atoms with Gasteiger partial charge in [-0.3, -0.25) is 9.48 Å². The van der Waals surface area contributed by atoms with Crippen LogP contribution in [-0.4, -0.2) is 57.5 Å². The van der Waals surface area contributed by atoms with Crippen molar-refractivity contribution in [2.45, 2.75) is 25.2 Å². The normalized spacial score (nSPS) is 20.0. The number of carbonyl (C=O) groups excluding carboxylic acids is 1. The van der Waals surface area contributed by atoms with Gasteiger partial charge in [-0.25, -0.2) is 0 Å². The van der Waals surface area contributed by atoms with E-state index in [1.807, 2.05) is 31.0 Å². The molecular formula is C18H24N6O. The first kappa shape index (κ1) is 16.2. The number of hydrogen-bond donors (Lipinski definition) is 1. The summed E-state index contributed by atoms with van der Waals surface area (Å²) in [5.74, 6) is 1.05. The van der Waals surface area contributed by atoms with Crippen LogP contribution in [-0.2, 0) is 7.05 Å². The first-order chi connectivity index (χ1) is 12.1. The molecule has 0 spiro atoms. The standard InChI is InChI=1S/C18H24N6O/c1-23(11-12-7-8-19-9-12)18(25)16-6-5-15(21-22-16)17-14(13-3-4-13)10-20-24(17)2/h5-6,10,12-13,19H,3-4,7-9,11H2,1-2H3. The van der Waals surface area contributed by atoms with Gasteiger partial charge >= 0.3 is 0 Å². The molecule has 1 amide bonds. The van der Waals surface area contributed by atoms with Crippen molar-refractivity contribution in [1.29, 1.82) is 0 Å². The Morgan fingerprint density at radius 1 is 1.32 bits per heavy atom. The zero-order valence-electron chi connectivity index (χ0n) is 14.8. The highest BCUT2D eigenvalue weighted by atomic mass is 16.2. The molecule has 132 valence electrons. The van der Waals surface area contributed by atoms with Crippen LogP contribution >= 0.6 is 0 Å². The van der Waals surface area contributed by atoms with Crippen LogP contribution in [0.15, 0.2) is 18.3 Å². The molecule has 2 aromatic rings. The first-order valence-electron chi connectivity index (χ1n) is 8.95. The van der Waals surface area contributed by atoms with Gasteiger partial charge in [0.05, 0.1) is 11.9 Å². The molecular weight excluding hydrogens is 316 g/mol. The molecule has 1 saturated carbocycles. The molecule has 0 bridgehead atoms. The molecule has 1 aliphatic heterocycles.